The van der Waals surface area contributed by atoms with Gasteiger partial charge in [-0.1, -0.05) is 41.0 Å². The van der Waals surface area contributed by atoms with Crippen LogP contribution in [0, 0.1) is 20.8 Å². The van der Waals surface area contributed by atoms with Crippen LogP contribution in [0.2, 0.25) is 0 Å². The first-order valence-corrected chi connectivity index (χ1v) is 7.78. The quantitative estimate of drug-likeness (QED) is 0.792. The predicted molar refractivity (Wildman–Crippen MR) is 92.7 cm³/mol. The van der Waals surface area contributed by atoms with Crippen LogP contribution in [0.3, 0.4) is 0 Å². The summed E-state index contributed by atoms with van der Waals surface area (Å²) in [5, 5.41) is 10.5. The Morgan fingerprint density at radius 2 is 1.75 bits per heavy atom. The summed E-state index contributed by atoms with van der Waals surface area (Å²) in [5.74, 6) is 0.206. The number of carbonyl (C=O) groups is 1. The van der Waals surface area contributed by atoms with Crippen molar-refractivity contribution in [2.75, 3.05) is 5.32 Å². The van der Waals surface area contributed by atoms with Gasteiger partial charge < -0.3 is 4.42 Å². The van der Waals surface area contributed by atoms with Gasteiger partial charge in [0.05, 0.1) is 6.42 Å². The lowest BCUT2D eigenvalue weighted by Gasteiger charge is -2.02. The van der Waals surface area contributed by atoms with Crippen molar-refractivity contribution in [1.29, 1.82) is 0 Å². The predicted octanol–water partition coefficient (Wildman–Crippen LogP) is 3.84. The average Bonchev–Trinajstić information content (AvgIpc) is 3.00. The van der Waals surface area contributed by atoms with E-state index < -0.39 is 0 Å². The summed E-state index contributed by atoms with van der Waals surface area (Å²) in [6.45, 7) is 6.08. The Kier molecular flexibility index (Phi) is 4.42. The summed E-state index contributed by atoms with van der Waals surface area (Å²) in [6.07, 6.45) is 0.266. The van der Waals surface area contributed by atoms with E-state index in [1.54, 1.807) is 0 Å². The second-order valence-corrected chi connectivity index (χ2v) is 5.92. The Bertz CT molecular complexity index is 867. The normalized spacial score (nSPS) is 10.6. The Hall–Kier alpha value is -2.95. The first-order valence-electron chi connectivity index (χ1n) is 7.78. The van der Waals surface area contributed by atoms with Crippen molar-refractivity contribution in [3.05, 3.63) is 64.7 Å². The molecule has 3 aromatic rings. The van der Waals surface area contributed by atoms with Crippen LogP contribution in [0.25, 0.3) is 11.5 Å². The molecule has 0 fully saturated rings. The summed E-state index contributed by atoms with van der Waals surface area (Å²) in [4.78, 5) is 12.1. The van der Waals surface area contributed by atoms with Gasteiger partial charge in [-0.15, -0.1) is 5.10 Å². The minimum Gasteiger partial charge on any atom is -0.403 e. The summed E-state index contributed by atoms with van der Waals surface area (Å²) in [5.41, 5.74) is 5.28. The molecule has 1 N–H and O–H groups in total. The molecule has 1 aromatic heterocycles. The lowest BCUT2D eigenvalue weighted by atomic mass is 10.1. The van der Waals surface area contributed by atoms with Gasteiger partial charge in [0.1, 0.15) is 0 Å². The van der Waals surface area contributed by atoms with Gasteiger partial charge in [0.15, 0.2) is 0 Å². The topological polar surface area (TPSA) is 68.0 Å². The Morgan fingerprint density at radius 3 is 2.46 bits per heavy atom. The molecule has 0 bridgehead atoms. The molecule has 0 saturated carbocycles. The first-order chi connectivity index (χ1) is 11.5. The largest absolute Gasteiger partial charge is 0.403 e. The van der Waals surface area contributed by atoms with Crippen molar-refractivity contribution in [3.63, 3.8) is 0 Å². The van der Waals surface area contributed by atoms with Gasteiger partial charge in [-0.25, -0.2) is 0 Å². The van der Waals surface area contributed by atoms with E-state index in [2.05, 4.69) is 15.5 Å². The average molecular weight is 321 g/mol. The molecular weight excluding hydrogens is 302 g/mol. The Balaban J connectivity index is 1.68. The lowest BCUT2D eigenvalue weighted by molar-refractivity contribution is -0.115. The summed E-state index contributed by atoms with van der Waals surface area (Å²) in [6, 6.07) is 13.9. The first kappa shape index (κ1) is 15.9. The van der Waals surface area contributed by atoms with Crippen molar-refractivity contribution >= 4 is 11.9 Å². The third kappa shape index (κ3) is 3.68. The molecule has 0 aliphatic carbocycles. The van der Waals surface area contributed by atoms with Gasteiger partial charge >= 0.3 is 6.01 Å². The number of hydrogen-bond donors (Lipinski definition) is 1. The maximum absolute atomic E-state index is 12.1. The highest BCUT2D eigenvalue weighted by atomic mass is 16.4. The van der Waals surface area contributed by atoms with Gasteiger partial charge in [0, 0.05) is 5.56 Å². The van der Waals surface area contributed by atoms with Gasteiger partial charge in [-0.2, -0.15) is 0 Å². The van der Waals surface area contributed by atoms with Gasteiger partial charge in [-0.3, -0.25) is 10.1 Å². The maximum Gasteiger partial charge on any atom is 0.322 e. The zero-order valence-corrected chi connectivity index (χ0v) is 14.0. The second kappa shape index (κ2) is 6.66. The monoisotopic (exact) mass is 321 g/mol. The highest BCUT2D eigenvalue weighted by molar-refractivity contribution is 5.90. The van der Waals surface area contributed by atoms with Crippen LogP contribution in [0.5, 0.6) is 0 Å². The third-order valence-electron chi connectivity index (χ3n) is 3.91. The Labute approximate surface area is 140 Å². The fourth-order valence-corrected chi connectivity index (χ4v) is 2.32. The van der Waals surface area contributed by atoms with Crippen LogP contribution in [-0.4, -0.2) is 16.1 Å². The van der Waals surface area contributed by atoms with Gasteiger partial charge in [0.2, 0.25) is 11.8 Å². The van der Waals surface area contributed by atoms with Crippen molar-refractivity contribution in [2.24, 2.45) is 0 Å². The minimum atomic E-state index is -0.186. The molecule has 0 unspecified atom stereocenters. The minimum absolute atomic E-state index is 0.111. The molecule has 2 aromatic carbocycles. The molecule has 0 atom stereocenters. The highest BCUT2D eigenvalue weighted by Crippen LogP contribution is 2.22. The number of nitrogens with zero attached hydrogens (tertiary/aromatic N) is 2. The van der Waals surface area contributed by atoms with Crippen molar-refractivity contribution in [2.45, 2.75) is 27.2 Å². The van der Waals surface area contributed by atoms with E-state index in [-0.39, 0.29) is 18.3 Å². The summed E-state index contributed by atoms with van der Waals surface area (Å²) in [7, 11) is 0. The van der Waals surface area contributed by atoms with Crippen LogP contribution >= 0.6 is 0 Å². The summed E-state index contributed by atoms with van der Waals surface area (Å²) >= 11 is 0. The molecule has 122 valence electrons. The molecule has 0 saturated heterocycles. The van der Waals surface area contributed by atoms with Crippen molar-refractivity contribution in [1.82, 2.24) is 10.2 Å². The van der Waals surface area contributed by atoms with Crippen LogP contribution in [0.4, 0.5) is 6.01 Å². The fraction of sp³-hybridized carbons (Fsp3) is 0.211. The number of benzene rings is 2. The van der Waals surface area contributed by atoms with Crippen LogP contribution in [-0.2, 0) is 11.2 Å². The molecule has 5 heteroatoms. The third-order valence-corrected chi connectivity index (χ3v) is 3.91. The van der Waals surface area contributed by atoms with E-state index in [0.717, 1.165) is 22.3 Å². The van der Waals surface area contributed by atoms with Gasteiger partial charge in [0.25, 0.3) is 0 Å². The zero-order chi connectivity index (χ0) is 17.1. The molecule has 0 spiro atoms. The maximum atomic E-state index is 12.1. The molecule has 0 radical (unpaired) electrons. The summed E-state index contributed by atoms with van der Waals surface area (Å²) < 4.78 is 5.54. The van der Waals surface area contributed by atoms with Crippen LogP contribution < -0.4 is 5.32 Å². The number of hydrogen-bond acceptors (Lipinski definition) is 4. The van der Waals surface area contributed by atoms with E-state index >= 15 is 0 Å². The van der Waals surface area contributed by atoms with E-state index in [1.165, 1.54) is 5.56 Å². The smallest absolute Gasteiger partial charge is 0.322 e. The van der Waals surface area contributed by atoms with Crippen LogP contribution in [0.1, 0.15) is 22.3 Å². The number of carbonyl (C=O) groups excluding carboxylic acids is 1. The van der Waals surface area contributed by atoms with E-state index in [4.69, 9.17) is 4.42 Å². The fourth-order valence-electron chi connectivity index (χ4n) is 2.32. The second-order valence-electron chi connectivity index (χ2n) is 5.92. The number of aryl methyl sites for hydroxylation is 3. The highest BCUT2D eigenvalue weighted by Gasteiger charge is 2.12. The lowest BCUT2D eigenvalue weighted by Crippen LogP contribution is -2.14. The number of anilines is 1. The van der Waals surface area contributed by atoms with Crippen molar-refractivity contribution in [3.8, 4) is 11.5 Å². The molecule has 0 aliphatic rings. The van der Waals surface area contributed by atoms with E-state index in [1.807, 2.05) is 63.2 Å². The van der Waals surface area contributed by atoms with Crippen LogP contribution in [0.15, 0.2) is 46.9 Å². The van der Waals surface area contributed by atoms with Crippen molar-refractivity contribution < 1.29 is 9.21 Å². The Morgan fingerprint density at radius 1 is 1.00 bits per heavy atom. The van der Waals surface area contributed by atoms with E-state index in [0.29, 0.717) is 5.89 Å². The molecule has 1 heterocycles. The molecule has 24 heavy (non-hydrogen) atoms. The van der Waals surface area contributed by atoms with E-state index in [9.17, 15) is 4.79 Å². The standard InChI is InChI=1S/C19H19N3O2/c1-12-4-7-15(8-5-12)11-17(23)20-19-22-21-18(24-19)16-9-6-13(2)14(3)10-16/h4-10H,11H2,1-3H3,(H,20,22,23). The number of rotatable bonds is 4. The number of amides is 1. The zero-order valence-electron chi connectivity index (χ0n) is 14.0. The molecule has 5 nitrogen and oxygen atoms in total. The molecular formula is C19H19N3O2. The van der Waals surface area contributed by atoms with Gasteiger partial charge in [-0.05, 0) is 49.6 Å². The molecule has 3 rings (SSSR count). The molecule has 1 amide bonds. The number of aromatic nitrogens is 2. The SMILES string of the molecule is Cc1ccc(CC(=O)Nc2nnc(-c3ccc(C)c(C)c3)o2)cc1. The number of nitrogens with one attached hydrogen (secondary N) is 1. The molecule has 0 aliphatic heterocycles.